The maximum atomic E-state index is 12.4. The third-order valence-electron chi connectivity index (χ3n) is 4.11. The highest BCUT2D eigenvalue weighted by molar-refractivity contribution is 5.97. The molecular formula is C18H20N2O3. The Morgan fingerprint density at radius 1 is 1.35 bits per heavy atom. The molecule has 1 aromatic carbocycles. The standard InChI is InChI=1S/C18H20N2O3/c1-2-13-5-3-6-15(9-13)19-18(22)14-10-17(21)20(11-14)12-16-7-4-8-23-16/h3-9,14H,2,10-12H2,1H3,(H,19,22)/t14-/m0/s1. The number of rotatable bonds is 5. The van der Waals surface area contributed by atoms with Crippen LogP contribution in [-0.4, -0.2) is 23.3 Å². The number of aryl methyl sites for hydroxylation is 1. The van der Waals surface area contributed by atoms with E-state index in [-0.39, 0.29) is 24.2 Å². The zero-order chi connectivity index (χ0) is 16.2. The van der Waals surface area contributed by atoms with Crippen LogP contribution in [0.25, 0.3) is 0 Å². The first kappa shape index (κ1) is 15.3. The molecule has 0 aliphatic carbocycles. The summed E-state index contributed by atoms with van der Waals surface area (Å²) in [4.78, 5) is 26.1. The van der Waals surface area contributed by atoms with Crippen molar-refractivity contribution in [2.75, 3.05) is 11.9 Å². The second-order valence-electron chi connectivity index (χ2n) is 5.80. The zero-order valence-corrected chi connectivity index (χ0v) is 13.1. The van der Waals surface area contributed by atoms with Crippen molar-refractivity contribution in [3.8, 4) is 0 Å². The number of carbonyl (C=O) groups excluding carboxylic acids is 2. The summed E-state index contributed by atoms with van der Waals surface area (Å²) in [6.45, 7) is 2.92. The van der Waals surface area contributed by atoms with Crippen LogP contribution in [0.15, 0.2) is 47.1 Å². The summed E-state index contributed by atoms with van der Waals surface area (Å²) >= 11 is 0. The lowest BCUT2D eigenvalue weighted by molar-refractivity contribution is -0.128. The Morgan fingerprint density at radius 3 is 2.96 bits per heavy atom. The summed E-state index contributed by atoms with van der Waals surface area (Å²) < 4.78 is 5.27. The van der Waals surface area contributed by atoms with Crippen molar-refractivity contribution in [1.82, 2.24) is 4.90 Å². The van der Waals surface area contributed by atoms with Gasteiger partial charge in [-0.1, -0.05) is 19.1 Å². The van der Waals surface area contributed by atoms with Gasteiger partial charge in [0.05, 0.1) is 18.7 Å². The van der Waals surface area contributed by atoms with Gasteiger partial charge in [-0.15, -0.1) is 0 Å². The summed E-state index contributed by atoms with van der Waals surface area (Å²) in [7, 11) is 0. The molecule has 120 valence electrons. The van der Waals surface area contributed by atoms with E-state index in [2.05, 4.69) is 12.2 Å². The second kappa shape index (κ2) is 6.69. The lowest BCUT2D eigenvalue weighted by Gasteiger charge is -2.15. The molecule has 23 heavy (non-hydrogen) atoms. The Kier molecular flexibility index (Phi) is 4.46. The summed E-state index contributed by atoms with van der Waals surface area (Å²) in [5, 5.41) is 2.92. The average Bonchev–Trinajstić information content (AvgIpc) is 3.18. The third kappa shape index (κ3) is 3.62. The van der Waals surface area contributed by atoms with E-state index in [0.717, 1.165) is 17.9 Å². The first-order chi connectivity index (χ1) is 11.2. The van der Waals surface area contributed by atoms with Crippen molar-refractivity contribution in [3.05, 3.63) is 54.0 Å². The molecule has 3 rings (SSSR count). The number of hydrogen-bond donors (Lipinski definition) is 1. The summed E-state index contributed by atoms with van der Waals surface area (Å²) in [6, 6.07) is 11.4. The van der Waals surface area contributed by atoms with E-state index in [9.17, 15) is 9.59 Å². The first-order valence-electron chi connectivity index (χ1n) is 7.85. The predicted octanol–water partition coefficient (Wildman–Crippen LogP) is 2.83. The minimum Gasteiger partial charge on any atom is -0.467 e. The van der Waals surface area contributed by atoms with Crippen LogP contribution < -0.4 is 5.32 Å². The molecule has 1 aromatic heterocycles. The highest BCUT2D eigenvalue weighted by Crippen LogP contribution is 2.22. The van der Waals surface area contributed by atoms with Crippen LogP contribution >= 0.6 is 0 Å². The molecule has 2 aromatic rings. The first-order valence-corrected chi connectivity index (χ1v) is 7.85. The van der Waals surface area contributed by atoms with E-state index in [0.29, 0.717) is 13.1 Å². The van der Waals surface area contributed by atoms with Gasteiger partial charge in [-0.25, -0.2) is 0 Å². The molecule has 5 heteroatoms. The summed E-state index contributed by atoms with van der Waals surface area (Å²) in [5.74, 6) is 0.301. The van der Waals surface area contributed by atoms with E-state index in [4.69, 9.17) is 4.42 Å². The van der Waals surface area contributed by atoms with E-state index in [1.807, 2.05) is 30.3 Å². The van der Waals surface area contributed by atoms with Crippen molar-refractivity contribution in [2.24, 2.45) is 5.92 Å². The molecule has 5 nitrogen and oxygen atoms in total. The molecule has 0 unspecified atom stereocenters. The monoisotopic (exact) mass is 312 g/mol. The lowest BCUT2D eigenvalue weighted by Crippen LogP contribution is -2.27. The van der Waals surface area contributed by atoms with Crippen LogP contribution in [-0.2, 0) is 22.6 Å². The SMILES string of the molecule is CCc1cccc(NC(=O)[C@H]2CC(=O)N(Cc3ccco3)C2)c1. The second-order valence-corrected chi connectivity index (χ2v) is 5.80. The van der Waals surface area contributed by atoms with Gasteiger partial charge in [0.15, 0.2) is 0 Å². The van der Waals surface area contributed by atoms with Gasteiger partial charge in [-0.05, 0) is 36.2 Å². The molecule has 2 amide bonds. The molecule has 0 spiro atoms. The summed E-state index contributed by atoms with van der Waals surface area (Å²) in [5.41, 5.74) is 1.95. The number of amides is 2. The lowest BCUT2D eigenvalue weighted by atomic mass is 10.1. The van der Waals surface area contributed by atoms with Gasteiger partial charge in [0.25, 0.3) is 0 Å². The number of nitrogens with one attached hydrogen (secondary N) is 1. The van der Waals surface area contributed by atoms with Gasteiger partial charge >= 0.3 is 0 Å². The number of nitrogens with zero attached hydrogens (tertiary/aromatic N) is 1. The van der Waals surface area contributed by atoms with Gasteiger partial charge in [-0.2, -0.15) is 0 Å². The van der Waals surface area contributed by atoms with Crippen LogP contribution in [0.3, 0.4) is 0 Å². The Balaban J connectivity index is 1.61. The van der Waals surface area contributed by atoms with Crippen molar-refractivity contribution in [3.63, 3.8) is 0 Å². The number of anilines is 1. The molecule has 0 saturated carbocycles. The molecular weight excluding hydrogens is 292 g/mol. The number of furan rings is 1. The van der Waals surface area contributed by atoms with E-state index < -0.39 is 0 Å². The van der Waals surface area contributed by atoms with Crippen molar-refractivity contribution < 1.29 is 14.0 Å². The zero-order valence-electron chi connectivity index (χ0n) is 13.1. The minimum atomic E-state index is -0.317. The minimum absolute atomic E-state index is 0.0103. The van der Waals surface area contributed by atoms with E-state index >= 15 is 0 Å². The number of likely N-dealkylation sites (tertiary alicyclic amines) is 1. The summed E-state index contributed by atoms with van der Waals surface area (Å²) in [6.07, 6.45) is 2.75. The molecule has 1 saturated heterocycles. The molecule has 1 N–H and O–H groups in total. The van der Waals surface area contributed by atoms with E-state index in [1.165, 1.54) is 5.56 Å². The Morgan fingerprint density at radius 2 is 2.22 bits per heavy atom. The maximum absolute atomic E-state index is 12.4. The Bertz CT molecular complexity index is 694. The number of hydrogen-bond acceptors (Lipinski definition) is 3. The van der Waals surface area contributed by atoms with Crippen LogP contribution in [0.2, 0.25) is 0 Å². The van der Waals surface area contributed by atoms with Crippen molar-refractivity contribution in [2.45, 2.75) is 26.3 Å². The molecule has 1 aliphatic rings. The number of carbonyl (C=O) groups is 2. The highest BCUT2D eigenvalue weighted by atomic mass is 16.3. The predicted molar refractivity (Wildman–Crippen MR) is 86.7 cm³/mol. The van der Waals surface area contributed by atoms with Crippen LogP contribution in [0, 0.1) is 5.92 Å². The van der Waals surface area contributed by atoms with Gasteiger partial charge in [-0.3, -0.25) is 9.59 Å². The Labute approximate surface area is 135 Å². The van der Waals surface area contributed by atoms with Crippen molar-refractivity contribution >= 4 is 17.5 Å². The van der Waals surface area contributed by atoms with Gasteiger partial charge in [0, 0.05) is 18.7 Å². The van der Waals surface area contributed by atoms with Gasteiger partial charge in [0.2, 0.25) is 11.8 Å². The van der Waals surface area contributed by atoms with Crippen molar-refractivity contribution in [1.29, 1.82) is 0 Å². The molecule has 0 bridgehead atoms. The highest BCUT2D eigenvalue weighted by Gasteiger charge is 2.34. The van der Waals surface area contributed by atoms with E-state index in [1.54, 1.807) is 17.2 Å². The Hall–Kier alpha value is -2.56. The smallest absolute Gasteiger partial charge is 0.229 e. The average molecular weight is 312 g/mol. The fourth-order valence-corrected chi connectivity index (χ4v) is 2.80. The van der Waals surface area contributed by atoms with Gasteiger partial charge in [0.1, 0.15) is 5.76 Å². The van der Waals surface area contributed by atoms with Crippen LogP contribution in [0.5, 0.6) is 0 Å². The molecule has 1 aliphatic heterocycles. The fourth-order valence-electron chi connectivity index (χ4n) is 2.80. The number of benzene rings is 1. The molecule has 2 heterocycles. The molecule has 1 atom stereocenters. The molecule has 0 radical (unpaired) electrons. The third-order valence-corrected chi connectivity index (χ3v) is 4.11. The largest absolute Gasteiger partial charge is 0.467 e. The van der Waals surface area contributed by atoms with Crippen LogP contribution in [0.4, 0.5) is 5.69 Å². The van der Waals surface area contributed by atoms with Crippen LogP contribution in [0.1, 0.15) is 24.7 Å². The molecule has 1 fully saturated rings. The topological polar surface area (TPSA) is 62.6 Å². The van der Waals surface area contributed by atoms with Gasteiger partial charge < -0.3 is 14.6 Å². The fraction of sp³-hybridized carbons (Fsp3) is 0.333. The maximum Gasteiger partial charge on any atom is 0.229 e. The normalized spacial score (nSPS) is 17.5. The quantitative estimate of drug-likeness (QED) is 0.923.